The minimum absolute atomic E-state index is 0.498. The van der Waals surface area contributed by atoms with E-state index in [9.17, 15) is 5.11 Å². The van der Waals surface area contributed by atoms with Gasteiger partial charge in [-0.2, -0.15) is 0 Å². The fourth-order valence-electron chi connectivity index (χ4n) is 1.17. The van der Waals surface area contributed by atoms with Gasteiger partial charge in [0.2, 0.25) is 0 Å². The summed E-state index contributed by atoms with van der Waals surface area (Å²) in [5.41, 5.74) is 1.54. The SMILES string of the molecule is CC(O)c1cnc2cnccn12. The molecule has 1 unspecified atom stereocenters. The number of aromatic nitrogens is 3. The maximum Gasteiger partial charge on any atom is 0.155 e. The fourth-order valence-corrected chi connectivity index (χ4v) is 1.17. The molecule has 0 amide bonds. The average molecular weight is 163 g/mol. The van der Waals surface area contributed by atoms with Gasteiger partial charge in [0.05, 0.1) is 24.2 Å². The Labute approximate surface area is 69.5 Å². The number of imidazole rings is 1. The molecule has 0 aliphatic heterocycles. The first-order chi connectivity index (χ1) is 5.79. The maximum atomic E-state index is 9.33. The summed E-state index contributed by atoms with van der Waals surface area (Å²) in [6, 6.07) is 0. The Morgan fingerprint density at radius 1 is 1.50 bits per heavy atom. The van der Waals surface area contributed by atoms with Crippen LogP contribution in [0.4, 0.5) is 0 Å². The van der Waals surface area contributed by atoms with Gasteiger partial charge in [-0.1, -0.05) is 0 Å². The Morgan fingerprint density at radius 2 is 2.33 bits per heavy atom. The van der Waals surface area contributed by atoms with Gasteiger partial charge in [-0.3, -0.25) is 9.38 Å². The van der Waals surface area contributed by atoms with Gasteiger partial charge in [-0.15, -0.1) is 0 Å². The molecule has 0 radical (unpaired) electrons. The van der Waals surface area contributed by atoms with Crippen LogP contribution in [0.25, 0.3) is 5.65 Å². The topological polar surface area (TPSA) is 50.4 Å². The molecule has 0 aromatic carbocycles. The average Bonchev–Trinajstić information content (AvgIpc) is 2.47. The van der Waals surface area contributed by atoms with Gasteiger partial charge in [0.25, 0.3) is 0 Å². The molecular formula is C8H9N3O. The highest BCUT2D eigenvalue weighted by Gasteiger charge is 2.06. The number of rotatable bonds is 1. The minimum atomic E-state index is -0.498. The Bertz CT molecular complexity index is 394. The van der Waals surface area contributed by atoms with Crippen LogP contribution in [0.5, 0.6) is 0 Å². The first-order valence-electron chi connectivity index (χ1n) is 3.74. The molecule has 1 N–H and O–H groups in total. The Morgan fingerprint density at radius 3 is 3.08 bits per heavy atom. The van der Waals surface area contributed by atoms with Crippen LogP contribution in [0.1, 0.15) is 18.7 Å². The second kappa shape index (κ2) is 2.57. The van der Waals surface area contributed by atoms with E-state index in [1.54, 1.807) is 31.7 Å². The van der Waals surface area contributed by atoms with E-state index < -0.39 is 6.10 Å². The summed E-state index contributed by atoms with van der Waals surface area (Å²) in [5.74, 6) is 0. The van der Waals surface area contributed by atoms with Crippen molar-refractivity contribution >= 4 is 5.65 Å². The molecule has 2 aromatic rings. The molecular weight excluding hydrogens is 154 g/mol. The summed E-state index contributed by atoms with van der Waals surface area (Å²) < 4.78 is 1.82. The lowest BCUT2D eigenvalue weighted by atomic mass is 10.3. The standard InChI is InChI=1S/C8H9N3O/c1-6(12)7-4-10-8-5-9-2-3-11(7)8/h2-6,12H,1H3. The van der Waals surface area contributed by atoms with Gasteiger partial charge < -0.3 is 5.11 Å². The predicted octanol–water partition coefficient (Wildman–Crippen LogP) is 0.783. The molecule has 0 spiro atoms. The lowest BCUT2D eigenvalue weighted by Gasteiger charge is -2.02. The third-order valence-corrected chi connectivity index (χ3v) is 1.77. The summed E-state index contributed by atoms with van der Waals surface area (Å²) in [5, 5.41) is 9.33. The number of aliphatic hydroxyl groups excluding tert-OH is 1. The third kappa shape index (κ3) is 0.967. The van der Waals surface area contributed by atoms with Gasteiger partial charge in [0.15, 0.2) is 5.65 Å². The van der Waals surface area contributed by atoms with Crippen LogP contribution in [0, 0.1) is 0 Å². The van der Waals surface area contributed by atoms with Crippen molar-refractivity contribution in [3.05, 3.63) is 30.5 Å². The van der Waals surface area contributed by atoms with Crippen molar-refractivity contribution in [1.82, 2.24) is 14.4 Å². The molecule has 0 bridgehead atoms. The molecule has 4 heteroatoms. The zero-order valence-electron chi connectivity index (χ0n) is 6.68. The lowest BCUT2D eigenvalue weighted by molar-refractivity contribution is 0.193. The Hall–Kier alpha value is -1.42. The molecule has 0 saturated heterocycles. The van der Waals surface area contributed by atoms with Gasteiger partial charge in [-0.25, -0.2) is 4.98 Å². The molecule has 1 atom stereocenters. The number of fused-ring (bicyclic) bond motifs is 1. The van der Waals surface area contributed by atoms with Crippen LogP contribution in [-0.2, 0) is 0 Å². The highest BCUT2D eigenvalue weighted by Crippen LogP contribution is 2.12. The third-order valence-electron chi connectivity index (χ3n) is 1.77. The molecule has 2 rings (SSSR count). The summed E-state index contributed by atoms with van der Waals surface area (Å²) >= 11 is 0. The van der Waals surface area contributed by atoms with Crippen LogP contribution in [-0.4, -0.2) is 19.5 Å². The van der Waals surface area contributed by atoms with Crippen molar-refractivity contribution in [3.8, 4) is 0 Å². The van der Waals surface area contributed by atoms with Crippen molar-refractivity contribution in [1.29, 1.82) is 0 Å². The molecule has 0 aliphatic carbocycles. The summed E-state index contributed by atoms with van der Waals surface area (Å²) in [6.07, 6.45) is 6.26. The van der Waals surface area contributed by atoms with E-state index in [0.29, 0.717) is 0 Å². The van der Waals surface area contributed by atoms with Crippen LogP contribution in [0.2, 0.25) is 0 Å². The van der Waals surface area contributed by atoms with Gasteiger partial charge in [-0.05, 0) is 6.92 Å². The first-order valence-corrected chi connectivity index (χ1v) is 3.74. The van der Waals surface area contributed by atoms with Crippen LogP contribution < -0.4 is 0 Å². The van der Waals surface area contributed by atoms with Gasteiger partial charge in [0.1, 0.15) is 0 Å². The number of hydrogen-bond donors (Lipinski definition) is 1. The van der Waals surface area contributed by atoms with Crippen molar-refractivity contribution in [3.63, 3.8) is 0 Å². The van der Waals surface area contributed by atoms with E-state index in [-0.39, 0.29) is 0 Å². The maximum absolute atomic E-state index is 9.33. The van der Waals surface area contributed by atoms with Crippen LogP contribution >= 0.6 is 0 Å². The zero-order valence-corrected chi connectivity index (χ0v) is 6.68. The van der Waals surface area contributed by atoms with Gasteiger partial charge >= 0.3 is 0 Å². The van der Waals surface area contributed by atoms with E-state index >= 15 is 0 Å². The molecule has 2 heterocycles. The van der Waals surface area contributed by atoms with Gasteiger partial charge in [0, 0.05) is 12.4 Å². The molecule has 62 valence electrons. The fraction of sp³-hybridized carbons (Fsp3) is 0.250. The lowest BCUT2D eigenvalue weighted by Crippen LogP contribution is -1.96. The highest BCUT2D eigenvalue weighted by molar-refractivity contribution is 5.37. The molecule has 0 aliphatic rings. The van der Waals surface area contributed by atoms with E-state index in [4.69, 9.17) is 0 Å². The summed E-state index contributed by atoms with van der Waals surface area (Å²) in [4.78, 5) is 8.00. The van der Waals surface area contributed by atoms with Crippen LogP contribution in [0.3, 0.4) is 0 Å². The Kier molecular flexibility index (Phi) is 1.55. The summed E-state index contributed by atoms with van der Waals surface area (Å²) in [7, 11) is 0. The number of aliphatic hydroxyl groups is 1. The second-order valence-electron chi connectivity index (χ2n) is 2.66. The predicted molar refractivity (Wildman–Crippen MR) is 43.6 cm³/mol. The number of hydrogen-bond acceptors (Lipinski definition) is 3. The van der Waals surface area contributed by atoms with Crippen molar-refractivity contribution in [2.24, 2.45) is 0 Å². The first kappa shape index (κ1) is 7.24. The van der Waals surface area contributed by atoms with Crippen molar-refractivity contribution in [2.75, 3.05) is 0 Å². The monoisotopic (exact) mass is 163 g/mol. The second-order valence-corrected chi connectivity index (χ2v) is 2.66. The van der Waals surface area contributed by atoms with E-state index in [1.807, 2.05) is 4.40 Å². The van der Waals surface area contributed by atoms with Crippen molar-refractivity contribution in [2.45, 2.75) is 13.0 Å². The van der Waals surface area contributed by atoms with Crippen LogP contribution in [0.15, 0.2) is 24.8 Å². The largest absolute Gasteiger partial charge is 0.387 e. The minimum Gasteiger partial charge on any atom is -0.387 e. The number of nitrogens with zero attached hydrogens (tertiary/aromatic N) is 3. The van der Waals surface area contributed by atoms with E-state index in [1.165, 1.54) is 0 Å². The molecule has 0 fully saturated rings. The molecule has 2 aromatic heterocycles. The van der Waals surface area contributed by atoms with E-state index in [0.717, 1.165) is 11.3 Å². The van der Waals surface area contributed by atoms with E-state index in [2.05, 4.69) is 9.97 Å². The highest BCUT2D eigenvalue weighted by atomic mass is 16.3. The normalized spacial score (nSPS) is 13.5. The molecule has 4 nitrogen and oxygen atoms in total. The smallest absolute Gasteiger partial charge is 0.155 e. The Balaban J connectivity index is 2.70. The van der Waals surface area contributed by atoms with Crippen molar-refractivity contribution < 1.29 is 5.11 Å². The molecule has 0 saturated carbocycles. The molecule has 12 heavy (non-hydrogen) atoms. The quantitative estimate of drug-likeness (QED) is 0.676. The zero-order chi connectivity index (χ0) is 8.55. The summed E-state index contributed by atoms with van der Waals surface area (Å²) in [6.45, 7) is 1.71.